The SMILES string of the molecule is CCOc1ccccc1CCC(=O)O[C@@H](C)C(=O)Nc1ccccc1Cl. The molecule has 0 heterocycles. The standard InChI is InChI=1S/C20H22ClNO4/c1-3-25-18-11-7-4-8-15(18)12-13-19(23)26-14(2)20(24)22-17-10-6-5-9-16(17)21/h4-11,14H,3,12-13H2,1-2H3,(H,22,24)/t14-/m0/s1. The van der Waals surface area contributed by atoms with Gasteiger partial charge in [-0.1, -0.05) is 41.9 Å². The zero-order valence-electron chi connectivity index (χ0n) is 14.8. The highest BCUT2D eigenvalue weighted by Crippen LogP contribution is 2.21. The van der Waals surface area contributed by atoms with E-state index < -0.39 is 18.0 Å². The minimum Gasteiger partial charge on any atom is -0.494 e. The van der Waals surface area contributed by atoms with Crippen LogP contribution in [0.1, 0.15) is 25.8 Å². The molecule has 0 radical (unpaired) electrons. The Bertz CT molecular complexity index is 763. The molecule has 138 valence electrons. The number of aryl methyl sites for hydroxylation is 1. The number of esters is 1. The Kier molecular flexibility index (Phi) is 7.48. The fourth-order valence-corrected chi connectivity index (χ4v) is 2.53. The molecule has 0 aromatic heterocycles. The van der Waals surface area contributed by atoms with Crippen LogP contribution in [0.5, 0.6) is 5.75 Å². The minimum atomic E-state index is -0.916. The number of para-hydroxylation sites is 2. The lowest BCUT2D eigenvalue weighted by molar-refractivity contribution is -0.153. The van der Waals surface area contributed by atoms with Crippen LogP contribution in [0.15, 0.2) is 48.5 Å². The van der Waals surface area contributed by atoms with E-state index in [1.165, 1.54) is 6.92 Å². The van der Waals surface area contributed by atoms with E-state index in [-0.39, 0.29) is 6.42 Å². The van der Waals surface area contributed by atoms with Crippen LogP contribution in [0.3, 0.4) is 0 Å². The number of hydrogen-bond acceptors (Lipinski definition) is 4. The van der Waals surface area contributed by atoms with Crippen molar-refractivity contribution in [1.29, 1.82) is 0 Å². The summed E-state index contributed by atoms with van der Waals surface area (Å²) in [6.07, 6.45) is -0.275. The van der Waals surface area contributed by atoms with Crippen molar-refractivity contribution in [1.82, 2.24) is 0 Å². The van der Waals surface area contributed by atoms with Gasteiger partial charge in [-0.3, -0.25) is 9.59 Å². The van der Waals surface area contributed by atoms with Gasteiger partial charge in [-0.05, 0) is 44.0 Å². The highest BCUT2D eigenvalue weighted by molar-refractivity contribution is 6.33. The van der Waals surface area contributed by atoms with Crippen molar-refractivity contribution in [3.63, 3.8) is 0 Å². The molecule has 0 aliphatic carbocycles. The molecule has 0 saturated carbocycles. The Morgan fingerprint density at radius 3 is 2.54 bits per heavy atom. The van der Waals surface area contributed by atoms with E-state index in [0.717, 1.165) is 11.3 Å². The maximum atomic E-state index is 12.1. The molecule has 1 atom stereocenters. The fraction of sp³-hybridized carbons (Fsp3) is 0.300. The first-order valence-corrected chi connectivity index (χ1v) is 8.84. The fourth-order valence-electron chi connectivity index (χ4n) is 2.35. The normalized spacial score (nSPS) is 11.5. The van der Waals surface area contributed by atoms with E-state index in [4.69, 9.17) is 21.1 Å². The van der Waals surface area contributed by atoms with Gasteiger partial charge in [0.05, 0.1) is 17.3 Å². The van der Waals surface area contributed by atoms with Gasteiger partial charge in [-0.2, -0.15) is 0 Å². The molecule has 5 nitrogen and oxygen atoms in total. The molecule has 0 aliphatic rings. The molecule has 26 heavy (non-hydrogen) atoms. The molecular weight excluding hydrogens is 354 g/mol. The molecule has 0 spiro atoms. The van der Waals surface area contributed by atoms with Gasteiger partial charge in [-0.15, -0.1) is 0 Å². The average molecular weight is 376 g/mol. The summed E-state index contributed by atoms with van der Waals surface area (Å²) >= 11 is 6.00. The third-order valence-corrected chi connectivity index (χ3v) is 4.01. The second kappa shape index (κ2) is 9.82. The molecule has 0 unspecified atom stereocenters. The van der Waals surface area contributed by atoms with E-state index in [0.29, 0.717) is 23.7 Å². The Balaban J connectivity index is 1.85. The molecule has 6 heteroatoms. The summed E-state index contributed by atoms with van der Waals surface area (Å²) in [5, 5.41) is 3.07. The lowest BCUT2D eigenvalue weighted by Crippen LogP contribution is -2.30. The number of nitrogens with one attached hydrogen (secondary N) is 1. The van der Waals surface area contributed by atoms with Crippen molar-refractivity contribution in [3.05, 3.63) is 59.1 Å². The number of ether oxygens (including phenoxy) is 2. The summed E-state index contributed by atoms with van der Waals surface area (Å²) < 4.78 is 10.7. The lowest BCUT2D eigenvalue weighted by Gasteiger charge is -2.14. The Morgan fingerprint density at radius 2 is 1.81 bits per heavy atom. The predicted molar refractivity (Wildman–Crippen MR) is 102 cm³/mol. The monoisotopic (exact) mass is 375 g/mol. The van der Waals surface area contributed by atoms with Gasteiger partial charge in [0.1, 0.15) is 5.75 Å². The average Bonchev–Trinajstić information content (AvgIpc) is 2.63. The zero-order chi connectivity index (χ0) is 18.9. The summed E-state index contributed by atoms with van der Waals surface area (Å²) in [6, 6.07) is 14.4. The third-order valence-electron chi connectivity index (χ3n) is 3.68. The van der Waals surface area contributed by atoms with Crippen LogP contribution in [0.2, 0.25) is 5.02 Å². The summed E-state index contributed by atoms with van der Waals surface area (Å²) in [5.41, 5.74) is 1.41. The molecule has 1 amide bonds. The smallest absolute Gasteiger partial charge is 0.306 e. The van der Waals surface area contributed by atoms with E-state index in [9.17, 15) is 9.59 Å². The second-order valence-corrected chi connectivity index (χ2v) is 6.05. The molecule has 2 aromatic rings. The molecule has 0 bridgehead atoms. The van der Waals surface area contributed by atoms with Crippen LogP contribution in [-0.2, 0) is 20.7 Å². The largest absolute Gasteiger partial charge is 0.494 e. The van der Waals surface area contributed by atoms with Crippen LogP contribution < -0.4 is 10.1 Å². The van der Waals surface area contributed by atoms with Gasteiger partial charge in [-0.25, -0.2) is 0 Å². The molecule has 1 N–H and O–H groups in total. The molecule has 0 saturated heterocycles. The molecule has 0 aliphatic heterocycles. The number of hydrogen-bond donors (Lipinski definition) is 1. The summed E-state index contributed by atoms with van der Waals surface area (Å²) in [6.45, 7) is 3.99. The van der Waals surface area contributed by atoms with Gasteiger partial charge < -0.3 is 14.8 Å². The number of carbonyl (C=O) groups is 2. The van der Waals surface area contributed by atoms with Crippen molar-refractivity contribution in [2.75, 3.05) is 11.9 Å². The quantitative estimate of drug-likeness (QED) is 0.701. The van der Waals surface area contributed by atoms with Crippen molar-refractivity contribution >= 4 is 29.2 Å². The molecule has 2 aromatic carbocycles. The van der Waals surface area contributed by atoms with Gasteiger partial charge in [0, 0.05) is 6.42 Å². The van der Waals surface area contributed by atoms with Crippen molar-refractivity contribution in [2.45, 2.75) is 32.8 Å². The topological polar surface area (TPSA) is 64.6 Å². The van der Waals surface area contributed by atoms with E-state index in [2.05, 4.69) is 5.32 Å². The summed E-state index contributed by atoms with van der Waals surface area (Å²) in [5.74, 6) is -0.119. The van der Waals surface area contributed by atoms with E-state index in [1.807, 2.05) is 31.2 Å². The number of carbonyl (C=O) groups excluding carboxylic acids is 2. The van der Waals surface area contributed by atoms with E-state index in [1.54, 1.807) is 24.3 Å². The summed E-state index contributed by atoms with van der Waals surface area (Å²) in [7, 11) is 0. The van der Waals surface area contributed by atoms with Crippen molar-refractivity contribution in [3.8, 4) is 5.75 Å². The van der Waals surface area contributed by atoms with Crippen molar-refractivity contribution in [2.24, 2.45) is 0 Å². The first-order chi connectivity index (χ1) is 12.5. The predicted octanol–water partition coefficient (Wildman–Crippen LogP) is 4.24. The second-order valence-electron chi connectivity index (χ2n) is 5.64. The lowest BCUT2D eigenvalue weighted by atomic mass is 10.1. The van der Waals surface area contributed by atoms with Gasteiger partial charge in [0.2, 0.25) is 0 Å². The van der Waals surface area contributed by atoms with Crippen LogP contribution >= 0.6 is 11.6 Å². The maximum Gasteiger partial charge on any atom is 0.306 e. The minimum absolute atomic E-state index is 0.161. The number of anilines is 1. The van der Waals surface area contributed by atoms with Crippen LogP contribution in [0.4, 0.5) is 5.69 Å². The number of amides is 1. The Hall–Kier alpha value is -2.53. The van der Waals surface area contributed by atoms with Gasteiger partial charge in [0.25, 0.3) is 5.91 Å². The third kappa shape index (κ3) is 5.77. The first-order valence-electron chi connectivity index (χ1n) is 8.46. The maximum absolute atomic E-state index is 12.1. The van der Waals surface area contributed by atoms with E-state index >= 15 is 0 Å². The number of benzene rings is 2. The summed E-state index contributed by atoms with van der Waals surface area (Å²) in [4.78, 5) is 24.2. The highest BCUT2D eigenvalue weighted by atomic mass is 35.5. The Morgan fingerprint density at radius 1 is 1.12 bits per heavy atom. The zero-order valence-corrected chi connectivity index (χ0v) is 15.6. The Labute approximate surface area is 158 Å². The van der Waals surface area contributed by atoms with Crippen LogP contribution in [0, 0.1) is 0 Å². The molecular formula is C20H22ClNO4. The highest BCUT2D eigenvalue weighted by Gasteiger charge is 2.19. The van der Waals surface area contributed by atoms with Gasteiger partial charge in [0.15, 0.2) is 6.10 Å². The molecule has 0 fully saturated rings. The number of halogens is 1. The number of rotatable bonds is 8. The van der Waals surface area contributed by atoms with Crippen molar-refractivity contribution < 1.29 is 19.1 Å². The van der Waals surface area contributed by atoms with Gasteiger partial charge >= 0.3 is 5.97 Å². The molecule has 2 rings (SSSR count). The van der Waals surface area contributed by atoms with Crippen LogP contribution in [-0.4, -0.2) is 24.6 Å². The van der Waals surface area contributed by atoms with Crippen LogP contribution in [0.25, 0.3) is 0 Å². The first kappa shape index (κ1) is 19.8.